The predicted octanol–water partition coefficient (Wildman–Crippen LogP) is 0.0377. The summed E-state index contributed by atoms with van der Waals surface area (Å²) in [6.07, 6.45) is -7.87. The molecule has 1 rings (SSSR count). The highest BCUT2D eigenvalue weighted by molar-refractivity contribution is 5.69. The largest absolute Gasteiger partial charge is 0.462 e. The third-order valence-electron chi connectivity index (χ3n) is 3.90. The van der Waals surface area contributed by atoms with Crippen molar-refractivity contribution in [1.82, 2.24) is 0 Å². The number of esters is 5. The van der Waals surface area contributed by atoms with E-state index in [0.29, 0.717) is 0 Å². The van der Waals surface area contributed by atoms with Crippen molar-refractivity contribution in [3.05, 3.63) is 0 Å². The molecule has 1 saturated heterocycles. The Bertz CT molecular complexity index is 675. The van der Waals surface area contributed by atoms with Gasteiger partial charge in [0.1, 0.15) is 12.7 Å². The van der Waals surface area contributed by atoms with Crippen LogP contribution < -0.4 is 0 Å². The van der Waals surface area contributed by atoms with Crippen LogP contribution in [0.2, 0.25) is 0 Å². The average Bonchev–Trinajstić information content (AvgIpc) is 2.62. The first-order valence-electron chi connectivity index (χ1n) is 9.55. The number of ether oxygens (including phenoxy) is 7. The van der Waals surface area contributed by atoms with Crippen molar-refractivity contribution in [3.63, 3.8) is 0 Å². The summed E-state index contributed by atoms with van der Waals surface area (Å²) in [6, 6.07) is 0. The van der Waals surface area contributed by atoms with Crippen LogP contribution >= 0.6 is 0 Å². The van der Waals surface area contributed by atoms with Gasteiger partial charge in [0.2, 0.25) is 0 Å². The first-order chi connectivity index (χ1) is 14.5. The second-order valence-electron chi connectivity index (χ2n) is 6.60. The second kappa shape index (κ2) is 12.2. The molecule has 176 valence electrons. The molecule has 0 spiro atoms. The second-order valence-corrected chi connectivity index (χ2v) is 6.60. The van der Waals surface area contributed by atoms with E-state index in [9.17, 15) is 24.0 Å². The van der Waals surface area contributed by atoms with E-state index in [1.807, 2.05) is 0 Å². The van der Waals surface area contributed by atoms with Gasteiger partial charge < -0.3 is 33.2 Å². The van der Waals surface area contributed by atoms with Gasteiger partial charge in [-0.15, -0.1) is 0 Å². The van der Waals surface area contributed by atoms with Crippen molar-refractivity contribution in [2.45, 2.75) is 78.4 Å². The van der Waals surface area contributed by atoms with Gasteiger partial charge in [0.05, 0.1) is 0 Å². The third kappa shape index (κ3) is 8.50. The van der Waals surface area contributed by atoms with Crippen molar-refractivity contribution in [1.29, 1.82) is 0 Å². The fourth-order valence-corrected chi connectivity index (χ4v) is 3.01. The third-order valence-corrected chi connectivity index (χ3v) is 3.90. The van der Waals surface area contributed by atoms with Crippen molar-refractivity contribution >= 4 is 29.8 Å². The summed E-state index contributed by atoms with van der Waals surface area (Å²) in [7, 11) is 0. The zero-order valence-electron chi connectivity index (χ0n) is 18.3. The van der Waals surface area contributed by atoms with Gasteiger partial charge in [-0.05, 0) is 6.92 Å². The maximum Gasteiger partial charge on any atom is 0.303 e. The highest BCUT2D eigenvalue weighted by Gasteiger charge is 2.55. The quantitative estimate of drug-likeness (QED) is 0.346. The standard InChI is InChI=1S/C19H28O12/c1-7-25-19-18(30-13(6)24)17(29-12(5)23)16(28-11(4)22)15(31-19)14(27-10(3)21)8-26-9(2)20/h14-19H,7-8H2,1-6H3/t14-,15+,16-,17-,18+,19+/m1/s1. The number of hydrogen-bond acceptors (Lipinski definition) is 12. The monoisotopic (exact) mass is 448 g/mol. The summed E-state index contributed by atoms with van der Waals surface area (Å²) in [5.41, 5.74) is 0. The minimum atomic E-state index is -1.39. The molecule has 0 radical (unpaired) electrons. The fraction of sp³-hybridized carbons (Fsp3) is 0.737. The van der Waals surface area contributed by atoms with Crippen molar-refractivity contribution in [3.8, 4) is 0 Å². The molecule has 0 N–H and O–H groups in total. The van der Waals surface area contributed by atoms with Gasteiger partial charge >= 0.3 is 29.8 Å². The van der Waals surface area contributed by atoms with Crippen LogP contribution in [0.15, 0.2) is 0 Å². The zero-order chi connectivity index (χ0) is 23.7. The molecule has 1 fully saturated rings. The van der Waals surface area contributed by atoms with Gasteiger partial charge in [0, 0.05) is 41.2 Å². The number of rotatable bonds is 9. The lowest BCUT2D eigenvalue weighted by Crippen LogP contribution is -2.65. The van der Waals surface area contributed by atoms with Crippen LogP contribution in [0.5, 0.6) is 0 Å². The smallest absolute Gasteiger partial charge is 0.303 e. The van der Waals surface area contributed by atoms with Gasteiger partial charge in [-0.2, -0.15) is 0 Å². The molecule has 6 atom stereocenters. The van der Waals surface area contributed by atoms with E-state index in [1.54, 1.807) is 6.92 Å². The predicted molar refractivity (Wildman–Crippen MR) is 99.1 cm³/mol. The van der Waals surface area contributed by atoms with Gasteiger partial charge in [-0.1, -0.05) is 0 Å². The molecular weight excluding hydrogens is 420 g/mol. The maximum atomic E-state index is 11.8. The molecule has 0 amide bonds. The summed E-state index contributed by atoms with van der Waals surface area (Å²) >= 11 is 0. The maximum absolute atomic E-state index is 11.8. The molecule has 0 bridgehead atoms. The molecule has 1 aliphatic heterocycles. The van der Waals surface area contributed by atoms with Crippen LogP contribution in [0.3, 0.4) is 0 Å². The topological polar surface area (TPSA) is 150 Å². The number of carbonyl (C=O) groups is 5. The summed E-state index contributed by atoms with van der Waals surface area (Å²) in [5, 5.41) is 0. The Hall–Kier alpha value is -2.73. The average molecular weight is 448 g/mol. The molecule has 31 heavy (non-hydrogen) atoms. The summed E-state index contributed by atoms with van der Waals surface area (Å²) in [4.78, 5) is 58.1. The van der Waals surface area contributed by atoms with E-state index in [0.717, 1.165) is 34.6 Å². The van der Waals surface area contributed by atoms with Gasteiger partial charge in [0.15, 0.2) is 30.7 Å². The Morgan fingerprint density at radius 2 is 1.26 bits per heavy atom. The van der Waals surface area contributed by atoms with Gasteiger partial charge in [0.25, 0.3) is 0 Å². The van der Waals surface area contributed by atoms with Crippen LogP contribution in [0, 0.1) is 0 Å². The van der Waals surface area contributed by atoms with Crippen LogP contribution in [-0.4, -0.2) is 79.9 Å². The Kier molecular flexibility index (Phi) is 10.4. The lowest BCUT2D eigenvalue weighted by molar-refractivity contribution is -0.317. The Morgan fingerprint density at radius 3 is 1.71 bits per heavy atom. The van der Waals surface area contributed by atoms with E-state index in [1.165, 1.54) is 0 Å². The molecule has 0 aromatic rings. The van der Waals surface area contributed by atoms with Crippen LogP contribution in [0.1, 0.15) is 41.5 Å². The van der Waals surface area contributed by atoms with Crippen LogP contribution in [0.4, 0.5) is 0 Å². The first kappa shape index (κ1) is 26.3. The van der Waals surface area contributed by atoms with E-state index < -0.39 is 73.3 Å². The fourth-order valence-electron chi connectivity index (χ4n) is 3.01. The van der Waals surface area contributed by atoms with Crippen molar-refractivity contribution in [2.75, 3.05) is 13.2 Å². The SMILES string of the molecule is CCO[C@H]1O[C@@H]([C@@H](COC(C)=O)OC(C)=O)[C@@H](OC(C)=O)[C@@H](OC(C)=O)[C@@H]1OC(C)=O. The molecule has 12 heteroatoms. The van der Waals surface area contributed by atoms with E-state index in [4.69, 9.17) is 33.2 Å². The molecule has 12 nitrogen and oxygen atoms in total. The lowest BCUT2D eigenvalue weighted by atomic mass is 9.94. The minimum absolute atomic E-state index is 0.113. The minimum Gasteiger partial charge on any atom is -0.462 e. The highest BCUT2D eigenvalue weighted by atomic mass is 16.7. The van der Waals surface area contributed by atoms with Gasteiger partial charge in [-0.3, -0.25) is 24.0 Å². The summed E-state index contributed by atoms with van der Waals surface area (Å²) in [5.74, 6) is -3.67. The van der Waals surface area contributed by atoms with Crippen LogP contribution in [-0.2, 0) is 57.1 Å². The first-order valence-corrected chi connectivity index (χ1v) is 9.55. The van der Waals surface area contributed by atoms with Crippen molar-refractivity contribution < 1.29 is 57.1 Å². The Morgan fingerprint density at radius 1 is 0.742 bits per heavy atom. The van der Waals surface area contributed by atoms with E-state index in [-0.39, 0.29) is 6.61 Å². The summed E-state index contributed by atoms with van der Waals surface area (Å²) in [6.45, 7) is 6.92. The molecule has 0 aliphatic carbocycles. The van der Waals surface area contributed by atoms with E-state index >= 15 is 0 Å². The summed E-state index contributed by atoms with van der Waals surface area (Å²) < 4.78 is 37.3. The number of hydrogen-bond donors (Lipinski definition) is 0. The molecular formula is C19H28O12. The zero-order valence-corrected chi connectivity index (χ0v) is 18.3. The number of carbonyl (C=O) groups excluding carboxylic acids is 5. The molecule has 0 aromatic carbocycles. The lowest BCUT2D eigenvalue weighted by Gasteiger charge is -2.45. The molecule has 0 saturated carbocycles. The normalized spacial score (nSPS) is 26.2. The highest BCUT2D eigenvalue weighted by Crippen LogP contribution is 2.32. The molecule has 0 aromatic heterocycles. The van der Waals surface area contributed by atoms with Crippen molar-refractivity contribution in [2.24, 2.45) is 0 Å². The Labute approximate surface area is 179 Å². The molecule has 1 heterocycles. The van der Waals surface area contributed by atoms with Crippen LogP contribution in [0.25, 0.3) is 0 Å². The molecule has 0 unspecified atom stereocenters. The molecule has 1 aliphatic rings. The van der Waals surface area contributed by atoms with Gasteiger partial charge in [-0.25, -0.2) is 0 Å². The Balaban J connectivity index is 3.46. The van der Waals surface area contributed by atoms with E-state index in [2.05, 4.69) is 0 Å².